The van der Waals surface area contributed by atoms with E-state index in [2.05, 4.69) is 45.6 Å². The molecule has 2 N–H and O–H groups in total. The Labute approximate surface area is 106 Å². The summed E-state index contributed by atoms with van der Waals surface area (Å²) in [4.78, 5) is 7.50. The van der Waals surface area contributed by atoms with E-state index in [4.69, 9.17) is 0 Å². The van der Waals surface area contributed by atoms with E-state index >= 15 is 0 Å². The molecule has 1 aromatic carbocycles. The number of rotatable bonds is 3. The van der Waals surface area contributed by atoms with Crippen LogP contribution in [0.1, 0.15) is 11.3 Å². The van der Waals surface area contributed by atoms with Gasteiger partial charge in [-0.1, -0.05) is 12.1 Å². The minimum Gasteiger partial charge on any atom is -0.380 e. The highest BCUT2D eigenvalue weighted by molar-refractivity contribution is 5.83. The van der Waals surface area contributed by atoms with Gasteiger partial charge in [-0.2, -0.15) is 0 Å². The molecular formula is C15H15N3. The van der Waals surface area contributed by atoms with E-state index in [9.17, 15) is 0 Å². The summed E-state index contributed by atoms with van der Waals surface area (Å²) in [5.41, 5.74) is 4.55. The van der Waals surface area contributed by atoms with Gasteiger partial charge in [0.2, 0.25) is 0 Å². The zero-order chi connectivity index (χ0) is 12.4. The SMILES string of the molecule is Cc1ccc(NCc2cccc3[nH]ccc23)cn1. The number of nitrogens with one attached hydrogen (secondary N) is 2. The predicted molar refractivity (Wildman–Crippen MR) is 74.6 cm³/mol. The summed E-state index contributed by atoms with van der Waals surface area (Å²) in [5.74, 6) is 0. The van der Waals surface area contributed by atoms with Crippen molar-refractivity contribution in [2.24, 2.45) is 0 Å². The summed E-state index contributed by atoms with van der Waals surface area (Å²) in [5, 5.41) is 4.66. The van der Waals surface area contributed by atoms with E-state index in [1.165, 1.54) is 16.5 Å². The first-order chi connectivity index (χ1) is 8.83. The molecule has 0 amide bonds. The van der Waals surface area contributed by atoms with Crippen molar-refractivity contribution in [1.29, 1.82) is 0 Å². The highest BCUT2D eigenvalue weighted by atomic mass is 14.9. The number of H-pyrrole nitrogens is 1. The predicted octanol–water partition coefficient (Wildman–Crippen LogP) is 3.48. The van der Waals surface area contributed by atoms with Crippen molar-refractivity contribution in [3.8, 4) is 0 Å². The molecule has 3 nitrogen and oxygen atoms in total. The number of nitrogens with zero attached hydrogens (tertiary/aromatic N) is 1. The molecule has 2 heterocycles. The van der Waals surface area contributed by atoms with E-state index in [1.807, 2.05) is 25.4 Å². The number of aryl methyl sites for hydroxylation is 1. The molecule has 0 aliphatic carbocycles. The van der Waals surface area contributed by atoms with Gasteiger partial charge in [0.15, 0.2) is 0 Å². The first-order valence-electron chi connectivity index (χ1n) is 6.04. The molecule has 0 unspecified atom stereocenters. The topological polar surface area (TPSA) is 40.7 Å². The Kier molecular flexibility index (Phi) is 2.73. The Morgan fingerprint density at radius 2 is 2.11 bits per heavy atom. The van der Waals surface area contributed by atoms with Crippen LogP contribution in [0.5, 0.6) is 0 Å². The number of hydrogen-bond acceptors (Lipinski definition) is 2. The largest absolute Gasteiger partial charge is 0.380 e. The molecule has 3 aromatic rings. The molecule has 0 saturated carbocycles. The highest BCUT2D eigenvalue weighted by Gasteiger charge is 2.01. The van der Waals surface area contributed by atoms with Crippen molar-refractivity contribution < 1.29 is 0 Å². The lowest BCUT2D eigenvalue weighted by molar-refractivity contribution is 1.13. The van der Waals surface area contributed by atoms with Crippen molar-refractivity contribution in [3.63, 3.8) is 0 Å². The number of anilines is 1. The fraction of sp³-hybridized carbons (Fsp3) is 0.133. The smallest absolute Gasteiger partial charge is 0.0529 e. The Balaban J connectivity index is 1.80. The minimum atomic E-state index is 0.805. The summed E-state index contributed by atoms with van der Waals surface area (Å²) in [7, 11) is 0. The van der Waals surface area contributed by atoms with Gasteiger partial charge in [-0.25, -0.2) is 0 Å². The maximum absolute atomic E-state index is 4.28. The normalized spacial score (nSPS) is 10.7. The molecule has 0 radical (unpaired) electrons. The van der Waals surface area contributed by atoms with Gasteiger partial charge in [-0.05, 0) is 36.8 Å². The van der Waals surface area contributed by atoms with E-state index in [1.54, 1.807) is 0 Å². The van der Waals surface area contributed by atoms with E-state index in [-0.39, 0.29) is 0 Å². The molecule has 0 fully saturated rings. The van der Waals surface area contributed by atoms with Crippen molar-refractivity contribution in [1.82, 2.24) is 9.97 Å². The summed E-state index contributed by atoms with van der Waals surface area (Å²) in [6.07, 6.45) is 3.84. The first-order valence-corrected chi connectivity index (χ1v) is 6.04. The summed E-state index contributed by atoms with van der Waals surface area (Å²) in [6, 6.07) is 12.5. The van der Waals surface area contributed by atoms with Gasteiger partial charge >= 0.3 is 0 Å². The van der Waals surface area contributed by atoms with Gasteiger partial charge in [0.25, 0.3) is 0 Å². The number of pyridine rings is 1. The first kappa shape index (κ1) is 10.8. The number of aromatic nitrogens is 2. The molecule has 90 valence electrons. The molecule has 18 heavy (non-hydrogen) atoms. The Morgan fingerprint density at radius 1 is 1.17 bits per heavy atom. The van der Waals surface area contributed by atoms with E-state index in [0.717, 1.165) is 17.9 Å². The van der Waals surface area contributed by atoms with Crippen molar-refractivity contribution in [2.75, 3.05) is 5.32 Å². The van der Waals surface area contributed by atoms with Crippen LogP contribution in [0.2, 0.25) is 0 Å². The summed E-state index contributed by atoms with van der Waals surface area (Å²) in [6.45, 7) is 2.80. The van der Waals surface area contributed by atoms with Gasteiger partial charge in [0.05, 0.1) is 11.9 Å². The van der Waals surface area contributed by atoms with Gasteiger partial charge in [-0.3, -0.25) is 4.98 Å². The lowest BCUT2D eigenvalue weighted by Crippen LogP contribution is -2.00. The fourth-order valence-electron chi connectivity index (χ4n) is 2.07. The zero-order valence-corrected chi connectivity index (χ0v) is 10.3. The Bertz CT molecular complexity index is 653. The van der Waals surface area contributed by atoms with Crippen LogP contribution in [-0.4, -0.2) is 9.97 Å². The summed E-state index contributed by atoms with van der Waals surface area (Å²) < 4.78 is 0. The quantitative estimate of drug-likeness (QED) is 0.732. The molecule has 0 aliphatic rings. The fourth-order valence-corrected chi connectivity index (χ4v) is 2.07. The monoisotopic (exact) mass is 237 g/mol. The van der Waals surface area contributed by atoms with Crippen LogP contribution in [0, 0.1) is 6.92 Å². The second-order valence-electron chi connectivity index (χ2n) is 4.40. The molecule has 0 spiro atoms. The van der Waals surface area contributed by atoms with Gasteiger partial charge in [0.1, 0.15) is 0 Å². The third kappa shape index (κ3) is 2.07. The van der Waals surface area contributed by atoms with Crippen LogP contribution >= 0.6 is 0 Å². The molecule has 0 saturated heterocycles. The van der Waals surface area contributed by atoms with Gasteiger partial charge in [0, 0.05) is 29.3 Å². The summed E-state index contributed by atoms with van der Waals surface area (Å²) >= 11 is 0. The molecule has 3 rings (SSSR count). The van der Waals surface area contributed by atoms with Crippen molar-refractivity contribution >= 4 is 16.6 Å². The Hall–Kier alpha value is -2.29. The van der Waals surface area contributed by atoms with Crippen LogP contribution in [0.25, 0.3) is 10.9 Å². The number of hydrogen-bond donors (Lipinski definition) is 2. The van der Waals surface area contributed by atoms with Crippen LogP contribution in [0.4, 0.5) is 5.69 Å². The lowest BCUT2D eigenvalue weighted by atomic mass is 10.1. The second-order valence-corrected chi connectivity index (χ2v) is 4.40. The van der Waals surface area contributed by atoms with Crippen LogP contribution in [0.15, 0.2) is 48.8 Å². The average Bonchev–Trinajstić information content (AvgIpc) is 2.87. The van der Waals surface area contributed by atoms with E-state index < -0.39 is 0 Å². The number of fused-ring (bicyclic) bond motifs is 1. The van der Waals surface area contributed by atoms with Gasteiger partial charge < -0.3 is 10.3 Å². The molecule has 2 aromatic heterocycles. The standard InChI is InChI=1S/C15H15N3/c1-11-5-6-13(10-17-11)18-9-12-3-2-4-15-14(12)7-8-16-15/h2-8,10,16,18H,9H2,1H3. The molecule has 0 aliphatic heterocycles. The second kappa shape index (κ2) is 4.53. The number of aromatic amines is 1. The third-order valence-corrected chi connectivity index (χ3v) is 3.08. The molecule has 3 heteroatoms. The zero-order valence-electron chi connectivity index (χ0n) is 10.3. The average molecular weight is 237 g/mol. The molecule has 0 atom stereocenters. The highest BCUT2D eigenvalue weighted by Crippen LogP contribution is 2.18. The Morgan fingerprint density at radius 3 is 2.94 bits per heavy atom. The maximum atomic E-state index is 4.28. The van der Waals surface area contributed by atoms with Crippen molar-refractivity contribution in [2.45, 2.75) is 13.5 Å². The van der Waals surface area contributed by atoms with Crippen LogP contribution in [-0.2, 0) is 6.54 Å². The lowest BCUT2D eigenvalue weighted by Gasteiger charge is -2.07. The van der Waals surface area contributed by atoms with Crippen molar-refractivity contribution in [3.05, 3.63) is 60.0 Å². The van der Waals surface area contributed by atoms with Crippen LogP contribution in [0.3, 0.4) is 0 Å². The van der Waals surface area contributed by atoms with Crippen LogP contribution < -0.4 is 5.32 Å². The maximum Gasteiger partial charge on any atom is 0.0529 e. The van der Waals surface area contributed by atoms with Gasteiger partial charge in [-0.15, -0.1) is 0 Å². The minimum absolute atomic E-state index is 0.805. The molecular weight excluding hydrogens is 222 g/mol. The molecule has 0 bridgehead atoms. The van der Waals surface area contributed by atoms with E-state index in [0.29, 0.717) is 0 Å². The number of benzene rings is 1. The third-order valence-electron chi connectivity index (χ3n) is 3.08.